The second-order valence-corrected chi connectivity index (χ2v) is 10.8. The van der Waals surface area contributed by atoms with E-state index in [1.54, 1.807) is 17.8 Å². The molecule has 3 aromatic carbocycles. The minimum Gasteiger partial charge on any atom is -1.00 e. The van der Waals surface area contributed by atoms with Crippen molar-refractivity contribution < 1.29 is 39.7 Å². The van der Waals surface area contributed by atoms with Gasteiger partial charge in [-0.25, -0.2) is 4.79 Å². The van der Waals surface area contributed by atoms with Crippen LogP contribution >= 0.6 is 23.4 Å². The number of carboxylic acids is 1. The van der Waals surface area contributed by atoms with Crippen LogP contribution in [0.1, 0.15) is 67.2 Å². The fourth-order valence-corrected chi connectivity index (χ4v) is 5.02. The number of rotatable bonds is 14. The van der Waals surface area contributed by atoms with Crippen LogP contribution in [0.4, 0.5) is 0 Å². The van der Waals surface area contributed by atoms with E-state index in [1.165, 1.54) is 0 Å². The van der Waals surface area contributed by atoms with Gasteiger partial charge in [0.2, 0.25) is 0 Å². The first-order chi connectivity index (χ1) is 18.3. The van der Waals surface area contributed by atoms with Crippen molar-refractivity contribution in [3.63, 3.8) is 0 Å². The third-order valence-electron chi connectivity index (χ3n) is 6.47. The van der Waals surface area contributed by atoms with E-state index in [0.717, 1.165) is 47.1 Å². The Labute approximate surface area is 254 Å². The van der Waals surface area contributed by atoms with Gasteiger partial charge in [-0.15, -0.1) is 0 Å². The van der Waals surface area contributed by atoms with E-state index in [2.05, 4.69) is 12.2 Å². The van der Waals surface area contributed by atoms with E-state index in [4.69, 9.17) is 16.3 Å². The van der Waals surface area contributed by atoms with Gasteiger partial charge in [-0.2, -0.15) is 11.8 Å². The number of carbonyl (C=O) groups excluding carboxylic acids is 1. The number of thioether (sulfide) groups is 1. The molecule has 0 aliphatic rings. The SMILES string of the molecule is CCCCC(OCc1ccc(C(=O)N[C@@H](CCSC)C(=O)O)c(-c2ccccc2C)c1)c1cccc(Cl)c1.[H-].[Li+]. The molecule has 0 saturated carbocycles. The van der Waals surface area contributed by atoms with Gasteiger partial charge < -0.3 is 16.6 Å². The summed E-state index contributed by atoms with van der Waals surface area (Å²) in [4.78, 5) is 25.1. The van der Waals surface area contributed by atoms with Crippen molar-refractivity contribution in [1.82, 2.24) is 5.32 Å². The Hall–Kier alpha value is -2.20. The van der Waals surface area contributed by atoms with Crippen molar-refractivity contribution in [3.8, 4) is 11.1 Å². The minimum atomic E-state index is -1.03. The summed E-state index contributed by atoms with van der Waals surface area (Å²) in [5.41, 5.74) is 5.12. The van der Waals surface area contributed by atoms with Gasteiger partial charge in [0.15, 0.2) is 0 Å². The van der Waals surface area contributed by atoms with Crippen LogP contribution in [0.3, 0.4) is 0 Å². The number of carboxylic acid groups (broad SMARTS) is 1. The molecule has 0 saturated heterocycles. The average molecular weight is 562 g/mol. The summed E-state index contributed by atoms with van der Waals surface area (Å²) < 4.78 is 6.39. The van der Waals surface area contributed by atoms with Crippen LogP contribution in [0.15, 0.2) is 66.7 Å². The Balaban J connectivity index is 0.00000400. The largest absolute Gasteiger partial charge is 1.00 e. The zero-order valence-corrected chi connectivity index (χ0v) is 24.8. The molecule has 3 aromatic rings. The molecular formula is C31H37ClLiNO4S. The van der Waals surface area contributed by atoms with E-state index >= 15 is 0 Å². The van der Waals surface area contributed by atoms with Gasteiger partial charge in [-0.3, -0.25) is 4.79 Å². The number of amides is 1. The maximum atomic E-state index is 13.3. The topological polar surface area (TPSA) is 75.6 Å². The Kier molecular flexibility index (Phi) is 14.2. The van der Waals surface area contributed by atoms with E-state index < -0.39 is 17.9 Å². The van der Waals surface area contributed by atoms with Crippen LogP contribution in [0.2, 0.25) is 5.02 Å². The number of ether oxygens (including phenoxy) is 1. The molecular weight excluding hydrogens is 525 g/mol. The molecule has 5 nitrogen and oxygen atoms in total. The van der Waals surface area contributed by atoms with Gasteiger partial charge in [0, 0.05) is 10.6 Å². The van der Waals surface area contributed by atoms with Crippen LogP contribution in [-0.4, -0.2) is 35.0 Å². The standard InChI is InChI=1S/C31H36ClNO4S.Li.H/c1-4-5-13-29(23-10-8-11-24(32)19-23)37-20-22-14-15-26(27(18-22)25-12-7-6-9-21(25)2)30(34)33-28(31(35)36)16-17-38-3;;/h6-12,14-15,18-19,28-29H,4-5,13,16-17,20H2,1-3H3,(H,33,34)(H,35,36);;/q;+1;-1/t28-,29?;;/m0../s1. The van der Waals surface area contributed by atoms with E-state index in [9.17, 15) is 14.7 Å². The minimum absolute atomic E-state index is 0. The number of carbonyl (C=O) groups is 2. The van der Waals surface area contributed by atoms with Crippen molar-refractivity contribution in [1.29, 1.82) is 0 Å². The van der Waals surface area contributed by atoms with Crippen molar-refractivity contribution >= 4 is 35.2 Å². The molecule has 8 heteroatoms. The predicted octanol–water partition coefficient (Wildman–Crippen LogP) is 4.82. The molecule has 0 bridgehead atoms. The number of benzene rings is 3. The number of aliphatic carboxylic acids is 1. The smallest absolute Gasteiger partial charge is 1.00 e. The van der Waals surface area contributed by atoms with Crippen molar-refractivity contribution in [2.45, 2.75) is 58.3 Å². The number of halogens is 1. The van der Waals surface area contributed by atoms with Gasteiger partial charge in [0.1, 0.15) is 6.04 Å². The van der Waals surface area contributed by atoms with E-state index in [0.29, 0.717) is 29.4 Å². The van der Waals surface area contributed by atoms with Gasteiger partial charge in [-0.05, 0) is 83.9 Å². The predicted molar refractivity (Wildman–Crippen MR) is 158 cm³/mol. The second kappa shape index (κ2) is 16.8. The van der Waals surface area contributed by atoms with Crippen molar-refractivity contribution in [2.24, 2.45) is 0 Å². The fraction of sp³-hybridized carbons (Fsp3) is 0.355. The number of hydrogen-bond donors (Lipinski definition) is 2. The van der Waals surface area contributed by atoms with E-state index in [-0.39, 0.29) is 26.4 Å². The molecule has 0 spiro atoms. The van der Waals surface area contributed by atoms with Gasteiger partial charge in [-0.1, -0.05) is 73.8 Å². The number of nitrogens with one attached hydrogen (secondary N) is 1. The van der Waals surface area contributed by atoms with E-state index in [1.807, 2.05) is 73.8 Å². The average Bonchev–Trinajstić information content (AvgIpc) is 2.91. The summed E-state index contributed by atoms with van der Waals surface area (Å²) in [6.45, 7) is 4.52. The molecule has 0 aliphatic heterocycles. The molecule has 39 heavy (non-hydrogen) atoms. The third-order valence-corrected chi connectivity index (χ3v) is 7.35. The monoisotopic (exact) mass is 561 g/mol. The molecule has 0 aromatic heterocycles. The maximum absolute atomic E-state index is 13.3. The van der Waals surface area contributed by atoms with Crippen LogP contribution in [-0.2, 0) is 16.1 Å². The Morgan fingerprint density at radius 3 is 2.49 bits per heavy atom. The van der Waals surface area contributed by atoms with Gasteiger partial charge >= 0.3 is 24.8 Å². The molecule has 3 rings (SSSR count). The Morgan fingerprint density at radius 1 is 1.05 bits per heavy atom. The first-order valence-corrected chi connectivity index (χ1v) is 14.7. The molecule has 0 radical (unpaired) electrons. The molecule has 2 atom stereocenters. The molecule has 1 amide bonds. The third kappa shape index (κ3) is 9.74. The number of unbranched alkanes of at least 4 members (excludes halogenated alkanes) is 1. The van der Waals surface area contributed by atoms with Crippen LogP contribution in [0.5, 0.6) is 0 Å². The molecule has 0 heterocycles. The van der Waals surface area contributed by atoms with Crippen LogP contribution < -0.4 is 24.2 Å². The summed E-state index contributed by atoms with van der Waals surface area (Å²) in [6.07, 6.45) is 5.16. The Bertz CT molecular complexity index is 1250. The summed E-state index contributed by atoms with van der Waals surface area (Å²) in [5, 5.41) is 13.0. The second-order valence-electron chi connectivity index (χ2n) is 9.34. The zero-order chi connectivity index (χ0) is 27.5. The molecule has 0 aliphatic carbocycles. The molecule has 1 unspecified atom stereocenters. The first-order valence-electron chi connectivity index (χ1n) is 12.9. The number of hydrogen-bond acceptors (Lipinski definition) is 4. The summed E-state index contributed by atoms with van der Waals surface area (Å²) >= 11 is 7.79. The summed E-state index contributed by atoms with van der Waals surface area (Å²) in [5.74, 6) is -0.790. The zero-order valence-electron chi connectivity index (χ0n) is 24.2. The summed E-state index contributed by atoms with van der Waals surface area (Å²) in [7, 11) is 0. The van der Waals surface area contributed by atoms with Crippen LogP contribution in [0.25, 0.3) is 11.1 Å². The number of aryl methyl sites for hydroxylation is 1. The van der Waals surface area contributed by atoms with Crippen LogP contribution in [0, 0.1) is 6.92 Å². The fourth-order valence-electron chi connectivity index (χ4n) is 4.35. The molecule has 204 valence electrons. The van der Waals surface area contributed by atoms with Crippen molar-refractivity contribution in [2.75, 3.05) is 12.0 Å². The molecule has 2 N–H and O–H groups in total. The summed E-state index contributed by atoms with van der Waals surface area (Å²) in [6, 6.07) is 20.3. The Morgan fingerprint density at radius 2 is 1.82 bits per heavy atom. The van der Waals surface area contributed by atoms with Crippen molar-refractivity contribution in [3.05, 3.63) is 94.0 Å². The normalized spacial score (nSPS) is 12.3. The van der Waals surface area contributed by atoms with Gasteiger partial charge in [0.05, 0.1) is 12.7 Å². The molecule has 0 fully saturated rings. The quantitative estimate of drug-likeness (QED) is 0.276. The maximum Gasteiger partial charge on any atom is 1.00 e. The van der Waals surface area contributed by atoms with Gasteiger partial charge in [0.25, 0.3) is 5.91 Å². The first kappa shape index (κ1) is 33.0.